The van der Waals surface area contributed by atoms with Crippen LogP contribution in [0.5, 0.6) is 0 Å². The van der Waals surface area contributed by atoms with Crippen LogP contribution in [0.3, 0.4) is 0 Å². The van der Waals surface area contributed by atoms with Gasteiger partial charge in [-0.25, -0.2) is 9.38 Å². The lowest BCUT2D eigenvalue weighted by molar-refractivity contribution is 0.185. The van der Waals surface area contributed by atoms with Gasteiger partial charge in [0.15, 0.2) is 5.96 Å². The molecule has 5 heteroatoms. The Morgan fingerprint density at radius 3 is 2.46 bits per heavy atom. The molecule has 2 rings (SSSR count). The number of guanidine groups is 1. The minimum atomic E-state index is -0.239. The van der Waals surface area contributed by atoms with Gasteiger partial charge < -0.3 is 15.4 Å². The van der Waals surface area contributed by atoms with Gasteiger partial charge in [0.1, 0.15) is 5.82 Å². The van der Waals surface area contributed by atoms with E-state index in [-0.39, 0.29) is 5.82 Å². The van der Waals surface area contributed by atoms with Gasteiger partial charge in [-0.1, -0.05) is 36.4 Å². The Kier molecular flexibility index (Phi) is 7.23. The summed E-state index contributed by atoms with van der Waals surface area (Å²) in [5.74, 6) is 0.472. The highest BCUT2D eigenvalue weighted by atomic mass is 19.1. The van der Waals surface area contributed by atoms with Gasteiger partial charge in [0, 0.05) is 20.2 Å². The lowest BCUT2D eigenvalue weighted by Crippen LogP contribution is -2.36. The fourth-order valence-corrected chi connectivity index (χ4v) is 2.25. The highest BCUT2D eigenvalue weighted by Gasteiger charge is 2.00. The SMILES string of the molecule is CCNC(=NCc1cccc(F)c1)NCc1ccc(COC)cc1. The van der Waals surface area contributed by atoms with E-state index in [4.69, 9.17) is 4.74 Å². The highest BCUT2D eigenvalue weighted by Crippen LogP contribution is 2.06. The largest absolute Gasteiger partial charge is 0.380 e. The van der Waals surface area contributed by atoms with Gasteiger partial charge in [-0.15, -0.1) is 0 Å². The molecular weight excluding hydrogens is 305 g/mol. The van der Waals surface area contributed by atoms with Crippen LogP contribution in [0.15, 0.2) is 53.5 Å². The van der Waals surface area contributed by atoms with Crippen molar-refractivity contribution >= 4 is 5.96 Å². The molecule has 0 unspecified atom stereocenters. The number of ether oxygens (including phenoxy) is 1. The molecule has 0 spiro atoms. The standard InChI is InChI=1S/C19H24FN3O/c1-3-21-19(23-13-17-5-4-6-18(20)11-17)22-12-15-7-9-16(10-8-15)14-24-2/h4-11H,3,12-14H2,1-2H3,(H2,21,22,23). The Bertz CT molecular complexity index is 656. The smallest absolute Gasteiger partial charge is 0.191 e. The normalized spacial score (nSPS) is 11.4. The van der Waals surface area contributed by atoms with Crippen molar-refractivity contribution in [3.8, 4) is 0 Å². The van der Waals surface area contributed by atoms with Crippen molar-refractivity contribution < 1.29 is 9.13 Å². The molecule has 0 aliphatic carbocycles. The van der Waals surface area contributed by atoms with Gasteiger partial charge in [0.05, 0.1) is 13.2 Å². The molecule has 0 fully saturated rings. The van der Waals surface area contributed by atoms with E-state index in [0.29, 0.717) is 25.7 Å². The number of methoxy groups -OCH3 is 1. The Morgan fingerprint density at radius 1 is 1.04 bits per heavy atom. The van der Waals surface area contributed by atoms with Gasteiger partial charge in [0.25, 0.3) is 0 Å². The fourth-order valence-electron chi connectivity index (χ4n) is 2.25. The zero-order valence-electron chi connectivity index (χ0n) is 14.2. The summed E-state index contributed by atoms with van der Waals surface area (Å²) >= 11 is 0. The van der Waals surface area contributed by atoms with E-state index in [1.165, 1.54) is 12.1 Å². The first kappa shape index (κ1) is 17.9. The van der Waals surface area contributed by atoms with Crippen LogP contribution in [-0.2, 0) is 24.4 Å². The highest BCUT2D eigenvalue weighted by molar-refractivity contribution is 5.79. The number of hydrogen-bond donors (Lipinski definition) is 2. The van der Waals surface area contributed by atoms with Crippen LogP contribution in [0.25, 0.3) is 0 Å². The molecule has 0 saturated heterocycles. The number of nitrogens with one attached hydrogen (secondary N) is 2. The molecule has 2 aromatic carbocycles. The van der Waals surface area contributed by atoms with Gasteiger partial charge in [0.2, 0.25) is 0 Å². The van der Waals surface area contributed by atoms with Crippen molar-refractivity contribution in [3.63, 3.8) is 0 Å². The summed E-state index contributed by atoms with van der Waals surface area (Å²) in [5, 5.41) is 6.48. The molecule has 0 saturated carbocycles. The van der Waals surface area contributed by atoms with Crippen molar-refractivity contribution in [3.05, 3.63) is 71.0 Å². The van der Waals surface area contributed by atoms with Crippen molar-refractivity contribution in [2.45, 2.75) is 26.6 Å². The molecule has 0 heterocycles. The topological polar surface area (TPSA) is 45.7 Å². The molecule has 4 nitrogen and oxygen atoms in total. The van der Waals surface area contributed by atoms with E-state index >= 15 is 0 Å². The molecule has 0 aliphatic heterocycles. The van der Waals surface area contributed by atoms with Crippen LogP contribution in [0.1, 0.15) is 23.6 Å². The van der Waals surface area contributed by atoms with Gasteiger partial charge in [-0.3, -0.25) is 0 Å². The van der Waals surface area contributed by atoms with E-state index in [1.807, 2.05) is 13.0 Å². The molecule has 0 radical (unpaired) electrons. The Labute approximate surface area is 142 Å². The van der Waals surface area contributed by atoms with Gasteiger partial charge in [-0.2, -0.15) is 0 Å². The predicted octanol–water partition coefficient (Wildman–Crippen LogP) is 3.23. The molecule has 2 aromatic rings. The maximum atomic E-state index is 13.2. The molecule has 0 atom stereocenters. The lowest BCUT2D eigenvalue weighted by Gasteiger charge is -2.12. The van der Waals surface area contributed by atoms with E-state index < -0.39 is 0 Å². The van der Waals surface area contributed by atoms with Crippen molar-refractivity contribution in [2.24, 2.45) is 4.99 Å². The van der Waals surface area contributed by atoms with Crippen molar-refractivity contribution in [1.29, 1.82) is 0 Å². The van der Waals surface area contributed by atoms with Crippen LogP contribution >= 0.6 is 0 Å². The van der Waals surface area contributed by atoms with E-state index in [0.717, 1.165) is 23.2 Å². The minimum absolute atomic E-state index is 0.239. The molecule has 128 valence electrons. The molecule has 0 aromatic heterocycles. The lowest BCUT2D eigenvalue weighted by atomic mass is 10.1. The molecule has 0 amide bonds. The van der Waals surface area contributed by atoms with Crippen LogP contribution in [0.4, 0.5) is 4.39 Å². The van der Waals surface area contributed by atoms with E-state index in [9.17, 15) is 4.39 Å². The molecular formula is C19H24FN3O. The first-order valence-corrected chi connectivity index (χ1v) is 8.04. The third kappa shape index (κ3) is 6.01. The van der Waals surface area contributed by atoms with Crippen LogP contribution < -0.4 is 10.6 Å². The molecule has 2 N–H and O–H groups in total. The fraction of sp³-hybridized carbons (Fsp3) is 0.316. The Hall–Kier alpha value is -2.40. The quantitative estimate of drug-likeness (QED) is 0.605. The Morgan fingerprint density at radius 2 is 1.79 bits per heavy atom. The number of aliphatic imine (C=N–C) groups is 1. The van der Waals surface area contributed by atoms with E-state index in [2.05, 4.69) is 39.9 Å². The number of halogens is 1. The maximum Gasteiger partial charge on any atom is 0.191 e. The van der Waals surface area contributed by atoms with Gasteiger partial charge >= 0.3 is 0 Å². The summed E-state index contributed by atoms with van der Waals surface area (Å²) < 4.78 is 18.3. The van der Waals surface area contributed by atoms with Crippen LogP contribution in [0.2, 0.25) is 0 Å². The van der Waals surface area contributed by atoms with Crippen molar-refractivity contribution in [1.82, 2.24) is 10.6 Å². The third-order valence-electron chi connectivity index (χ3n) is 3.45. The van der Waals surface area contributed by atoms with Gasteiger partial charge in [-0.05, 0) is 35.7 Å². The van der Waals surface area contributed by atoms with E-state index in [1.54, 1.807) is 13.2 Å². The van der Waals surface area contributed by atoms with Crippen LogP contribution in [-0.4, -0.2) is 19.6 Å². The number of benzene rings is 2. The summed E-state index contributed by atoms with van der Waals surface area (Å²) in [5.41, 5.74) is 3.15. The number of nitrogens with zero attached hydrogens (tertiary/aromatic N) is 1. The van der Waals surface area contributed by atoms with Crippen molar-refractivity contribution in [2.75, 3.05) is 13.7 Å². The second-order valence-corrected chi connectivity index (χ2v) is 5.43. The summed E-state index contributed by atoms with van der Waals surface area (Å²) in [6.07, 6.45) is 0. The molecule has 0 bridgehead atoms. The zero-order valence-corrected chi connectivity index (χ0v) is 14.2. The minimum Gasteiger partial charge on any atom is -0.380 e. The number of hydrogen-bond acceptors (Lipinski definition) is 2. The molecule has 0 aliphatic rings. The zero-order chi connectivity index (χ0) is 17.2. The average molecular weight is 329 g/mol. The average Bonchev–Trinajstić information content (AvgIpc) is 2.59. The summed E-state index contributed by atoms with van der Waals surface area (Å²) in [6.45, 7) is 4.49. The number of rotatable bonds is 7. The second kappa shape index (κ2) is 9.67. The third-order valence-corrected chi connectivity index (χ3v) is 3.45. The summed E-state index contributed by atoms with van der Waals surface area (Å²) in [7, 11) is 1.69. The summed E-state index contributed by atoms with van der Waals surface area (Å²) in [6, 6.07) is 14.7. The second-order valence-electron chi connectivity index (χ2n) is 5.43. The summed E-state index contributed by atoms with van der Waals surface area (Å²) in [4.78, 5) is 4.49. The monoisotopic (exact) mass is 329 g/mol. The van der Waals surface area contributed by atoms with Crippen LogP contribution in [0, 0.1) is 5.82 Å². The first-order chi connectivity index (χ1) is 11.7. The predicted molar refractivity (Wildman–Crippen MR) is 95.2 cm³/mol. The first-order valence-electron chi connectivity index (χ1n) is 8.04. The maximum absolute atomic E-state index is 13.2. The Balaban J connectivity index is 1.93. The molecule has 24 heavy (non-hydrogen) atoms.